The number of hydrogen-bond donors (Lipinski definition) is 1. The second kappa shape index (κ2) is 6.75. The Balaban J connectivity index is 2.17. The summed E-state index contributed by atoms with van der Waals surface area (Å²) in [7, 11) is 0. The minimum atomic E-state index is -4.25. The molecule has 0 saturated heterocycles. The molecule has 0 amide bonds. The quantitative estimate of drug-likeness (QED) is 0.764. The molecule has 2 N–H and O–H groups in total. The Hall–Kier alpha value is -1.08. The topological polar surface area (TPSA) is 53.1 Å². The van der Waals surface area contributed by atoms with Crippen LogP contribution in [0.15, 0.2) is 12.4 Å². The molecule has 1 unspecified atom stereocenters. The number of rotatable bonds is 7. The first kappa shape index (κ1) is 15.0. The molecule has 0 saturated carbocycles. The lowest BCUT2D eigenvalue weighted by Gasteiger charge is -2.07. The van der Waals surface area contributed by atoms with Crippen LogP contribution in [0.5, 0.6) is 0 Å². The predicted molar refractivity (Wildman–Crippen MR) is 61.1 cm³/mol. The molecule has 0 aliphatic heterocycles. The average molecular weight is 265 g/mol. The fourth-order valence-corrected chi connectivity index (χ4v) is 1.52. The second-order valence-electron chi connectivity index (χ2n) is 4.31. The van der Waals surface area contributed by atoms with Gasteiger partial charge < -0.3 is 10.5 Å². The van der Waals surface area contributed by atoms with Gasteiger partial charge in [-0.05, 0) is 25.3 Å². The zero-order valence-corrected chi connectivity index (χ0v) is 10.3. The van der Waals surface area contributed by atoms with E-state index >= 15 is 0 Å². The van der Waals surface area contributed by atoms with E-state index in [0.717, 1.165) is 12.0 Å². The molecule has 1 atom stereocenters. The number of hydrogen-bond acceptors (Lipinski definition) is 3. The molecule has 1 heterocycles. The lowest BCUT2D eigenvalue weighted by atomic mass is 10.1. The van der Waals surface area contributed by atoms with Crippen LogP contribution < -0.4 is 5.73 Å². The molecular formula is C11H18F3N3O. The molecule has 0 radical (unpaired) electrons. The van der Waals surface area contributed by atoms with Crippen LogP contribution in [-0.4, -0.2) is 35.2 Å². The molecule has 0 aliphatic carbocycles. The highest BCUT2D eigenvalue weighted by Gasteiger charge is 2.27. The van der Waals surface area contributed by atoms with E-state index in [1.807, 2.05) is 13.1 Å². The predicted octanol–water partition coefficient (Wildman–Crippen LogP) is 1.74. The van der Waals surface area contributed by atoms with Gasteiger partial charge in [0.1, 0.15) is 6.61 Å². The van der Waals surface area contributed by atoms with Crippen LogP contribution in [0.2, 0.25) is 0 Å². The molecule has 7 heteroatoms. The van der Waals surface area contributed by atoms with Gasteiger partial charge in [-0.1, -0.05) is 0 Å². The molecule has 0 aromatic carbocycles. The van der Waals surface area contributed by atoms with E-state index in [0.29, 0.717) is 13.0 Å². The van der Waals surface area contributed by atoms with E-state index in [1.54, 1.807) is 10.9 Å². The van der Waals surface area contributed by atoms with Crippen molar-refractivity contribution < 1.29 is 17.9 Å². The van der Waals surface area contributed by atoms with Crippen molar-refractivity contribution in [1.29, 1.82) is 0 Å². The van der Waals surface area contributed by atoms with Crippen molar-refractivity contribution in [2.45, 2.75) is 38.5 Å². The fourth-order valence-electron chi connectivity index (χ4n) is 1.52. The second-order valence-corrected chi connectivity index (χ2v) is 4.31. The van der Waals surface area contributed by atoms with E-state index in [1.165, 1.54) is 0 Å². The average Bonchev–Trinajstić information content (AvgIpc) is 2.62. The Labute approximate surface area is 104 Å². The van der Waals surface area contributed by atoms with Crippen LogP contribution in [0.4, 0.5) is 13.2 Å². The Morgan fingerprint density at radius 3 is 2.83 bits per heavy atom. The van der Waals surface area contributed by atoms with Crippen molar-refractivity contribution in [2.24, 2.45) is 5.73 Å². The minimum absolute atomic E-state index is 0.0674. The monoisotopic (exact) mass is 265 g/mol. The third-order valence-corrected chi connectivity index (χ3v) is 2.19. The molecule has 0 aliphatic rings. The molecule has 0 fully saturated rings. The lowest BCUT2D eigenvalue weighted by Crippen LogP contribution is -2.18. The highest BCUT2D eigenvalue weighted by Crippen LogP contribution is 2.14. The van der Waals surface area contributed by atoms with E-state index in [-0.39, 0.29) is 12.6 Å². The minimum Gasteiger partial charge on any atom is -0.372 e. The van der Waals surface area contributed by atoms with Gasteiger partial charge in [0.15, 0.2) is 0 Å². The molecule has 1 aromatic rings. The number of ether oxygens (including phenoxy) is 1. The first-order chi connectivity index (χ1) is 8.37. The summed E-state index contributed by atoms with van der Waals surface area (Å²) in [4.78, 5) is 0. The number of nitrogens with two attached hydrogens (primary N) is 1. The lowest BCUT2D eigenvalue weighted by molar-refractivity contribution is -0.174. The molecule has 104 valence electrons. The first-order valence-corrected chi connectivity index (χ1v) is 5.78. The van der Waals surface area contributed by atoms with Crippen molar-refractivity contribution in [3.63, 3.8) is 0 Å². The van der Waals surface area contributed by atoms with E-state index in [4.69, 9.17) is 5.73 Å². The van der Waals surface area contributed by atoms with Crippen molar-refractivity contribution in [3.8, 4) is 0 Å². The third kappa shape index (κ3) is 6.61. The summed E-state index contributed by atoms with van der Waals surface area (Å²) in [6.07, 6.45) is 0.559. The molecule has 4 nitrogen and oxygen atoms in total. The molecule has 18 heavy (non-hydrogen) atoms. The molecule has 1 rings (SSSR count). The Kier molecular flexibility index (Phi) is 5.61. The van der Waals surface area contributed by atoms with Crippen molar-refractivity contribution in [2.75, 3.05) is 13.2 Å². The van der Waals surface area contributed by atoms with Crippen molar-refractivity contribution >= 4 is 0 Å². The van der Waals surface area contributed by atoms with Crippen LogP contribution in [-0.2, 0) is 17.7 Å². The largest absolute Gasteiger partial charge is 0.411 e. The van der Waals surface area contributed by atoms with Gasteiger partial charge in [0.05, 0.1) is 6.20 Å². The van der Waals surface area contributed by atoms with Crippen molar-refractivity contribution in [3.05, 3.63) is 18.0 Å². The van der Waals surface area contributed by atoms with Gasteiger partial charge >= 0.3 is 6.18 Å². The SMILES string of the molecule is CC(N)Cc1cnn(CCCOCC(F)(F)F)c1. The van der Waals surface area contributed by atoms with E-state index in [9.17, 15) is 13.2 Å². The number of aryl methyl sites for hydroxylation is 1. The number of alkyl halides is 3. The third-order valence-electron chi connectivity index (χ3n) is 2.19. The van der Waals surface area contributed by atoms with Gasteiger partial charge in [-0.25, -0.2) is 0 Å². The molecular weight excluding hydrogens is 247 g/mol. The van der Waals surface area contributed by atoms with E-state index < -0.39 is 12.8 Å². The number of nitrogens with zero attached hydrogens (tertiary/aromatic N) is 2. The summed E-state index contributed by atoms with van der Waals surface area (Å²) in [5, 5.41) is 4.10. The van der Waals surface area contributed by atoms with Crippen LogP contribution in [0.3, 0.4) is 0 Å². The maximum absolute atomic E-state index is 11.8. The highest BCUT2D eigenvalue weighted by molar-refractivity contribution is 5.05. The summed E-state index contributed by atoms with van der Waals surface area (Å²) in [5.74, 6) is 0. The van der Waals surface area contributed by atoms with Crippen LogP contribution in [0, 0.1) is 0 Å². The Morgan fingerprint density at radius 2 is 2.22 bits per heavy atom. The summed E-state index contributed by atoms with van der Waals surface area (Å²) in [5.41, 5.74) is 6.68. The smallest absolute Gasteiger partial charge is 0.372 e. The van der Waals surface area contributed by atoms with E-state index in [2.05, 4.69) is 9.84 Å². The van der Waals surface area contributed by atoms with Crippen LogP contribution in [0.25, 0.3) is 0 Å². The van der Waals surface area contributed by atoms with Gasteiger partial charge in [-0.2, -0.15) is 18.3 Å². The van der Waals surface area contributed by atoms with Crippen molar-refractivity contribution in [1.82, 2.24) is 9.78 Å². The molecule has 0 bridgehead atoms. The van der Waals surface area contributed by atoms with Crippen LogP contribution >= 0.6 is 0 Å². The van der Waals surface area contributed by atoms with Gasteiger partial charge in [0.25, 0.3) is 0 Å². The maximum atomic E-state index is 11.8. The zero-order chi connectivity index (χ0) is 13.6. The Morgan fingerprint density at radius 1 is 1.50 bits per heavy atom. The summed E-state index contributed by atoms with van der Waals surface area (Å²) in [6, 6.07) is 0.0674. The summed E-state index contributed by atoms with van der Waals surface area (Å²) < 4.78 is 41.5. The summed E-state index contributed by atoms with van der Waals surface area (Å²) >= 11 is 0. The Bertz CT molecular complexity index is 350. The normalized spacial score (nSPS) is 13.8. The zero-order valence-electron chi connectivity index (χ0n) is 10.3. The van der Waals surface area contributed by atoms with Gasteiger partial charge in [0, 0.05) is 25.4 Å². The van der Waals surface area contributed by atoms with Gasteiger partial charge in [0.2, 0.25) is 0 Å². The highest BCUT2D eigenvalue weighted by atomic mass is 19.4. The molecule has 0 spiro atoms. The fraction of sp³-hybridized carbons (Fsp3) is 0.727. The summed E-state index contributed by atoms with van der Waals surface area (Å²) in [6.45, 7) is 1.32. The number of halogens is 3. The first-order valence-electron chi connectivity index (χ1n) is 5.78. The van der Waals surface area contributed by atoms with Gasteiger partial charge in [-0.3, -0.25) is 4.68 Å². The van der Waals surface area contributed by atoms with Gasteiger partial charge in [-0.15, -0.1) is 0 Å². The standard InChI is InChI=1S/C11H18F3N3O/c1-9(15)5-10-6-16-17(7-10)3-2-4-18-8-11(12,13)14/h6-7,9H,2-5,8,15H2,1H3. The molecule has 1 aromatic heterocycles. The van der Waals surface area contributed by atoms with Crippen LogP contribution in [0.1, 0.15) is 18.9 Å². The number of aromatic nitrogens is 2. The maximum Gasteiger partial charge on any atom is 0.411 e.